The molecular formula is C28H40ClN11O12. The molecule has 0 radical (unpaired) electrons. The van der Waals surface area contributed by atoms with E-state index in [1.54, 1.807) is 0 Å². The molecule has 8 atom stereocenters. The van der Waals surface area contributed by atoms with E-state index in [4.69, 9.17) is 29.8 Å². The van der Waals surface area contributed by atoms with E-state index in [2.05, 4.69) is 41.9 Å². The molecule has 2 fully saturated rings. The van der Waals surface area contributed by atoms with Crippen molar-refractivity contribution in [3.63, 3.8) is 0 Å². The van der Waals surface area contributed by atoms with Crippen molar-refractivity contribution in [2.75, 3.05) is 32.2 Å². The van der Waals surface area contributed by atoms with Crippen LogP contribution in [0.4, 0.5) is 5.95 Å². The summed E-state index contributed by atoms with van der Waals surface area (Å²) in [7, 11) is 0. The van der Waals surface area contributed by atoms with Crippen molar-refractivity contribution >= 4 is 45.8 Å². The van der Waals surface area contributed by atoms with Crippen LogP contribution in [0.15, 0.2) is 34.6 Å². The third-order valence-electron chi connectivity index (χ3n) is 8.42. The molecule has 24 heteroatoms. The zero-order valence-corrected chi connectivity index (χ0v) is 28.5. The first-order valence-electron chi connectivity index (χ1n) is 15.9. The van der Waals surface area contributed by atoms with Crippen LogP contribution in [0.1, 0.15) is 26.3 Å². The topological polar surface area (TPSA) is 331 Å². The summed E-state index contributed by atoms with van der Waals surface area (Å²) in [5.41, 5.74) is 5.70. The zero-order chi connectivity index (χ0) is 37.9. The quantitative estimate of drug-likeness (QED) is 0.0488. The number of hydrogen-bond donors (Lipinski definition) is 9. The van der Waals surface area contributed by atoms with E-state index < -0.39 is 74.1 Å². The summed E-state index contributed by atoms with van der Waals surface area (Å²) in [5, 5.41) is 62.4. The number of nitrogen functional groups attached to an aromatic ring is 1. The average Bonchev–Trinajstić information content (AvgIpc) is 3.98. The molecule has 2 saturated heterocycles. The van der Waals surface area contributed by atoms with Gasteiger partial charge in [0.25, 0.3) is 11.1 Å². The number of aromatic amines is 1. The fraction of sp³-hybridized carbons (Fsp3) is 0.571. The van der Waals surface area contributed by atoms with Gasteiger partial charge < -0.3 is 60.3 Å². The second-order valence-electron chi connectivity index (χ2n) is 11.4. The number of rotatable bonds is 10. The summed E-state index contributed by atoms with van der Waals surface area (Å²) in [4.78, 5) is 44.4. The third-order valence-corrected chi connectivity index (χ3v) is 8.42. The number of halogens is 1. The van der Waals surface area contributed by atoms with Crippen LogP contribution in [0.25, 0.3) is 28.1 Å². The molecule has 52 heavy (non-hydrogen) atoms. The van der Waals surface area contributed by atoms with Gasteiger partial charge in [-0.15, -0.1) is 0 Å². The van der Waals surface area contributed by atoms with Crippen molar-refractivity contribution < 1.29 is 49.6 Å². The van der Waals surface area contributed by atoms with Gasteiger partial charge in [0, 0.05) is 25.6 Å². The minimum Gasteiger partial charge on any atom is -0.394 e. The van der Waals surface area contributed by atoms with Gasteiger partial charge >= 0.3 is 0 Å². The van der Waals surface area contributed by atoms with Gasteiger partial charge in [-0.05, 0) is 25.6 Å². The first-order valence-corrected chi connectivity index (χ1v) is 16.3. The van der Waals surface area contributed by atoms with Gasteiger partial charge in [0.05, 0.1) is 32.4 Å². The molecule has 0 aliphatic carbocycles. The van der Waals surface area contributed by atoms with Crippen LogP contribution in [-0.2, 0) is 25.5 Å². The van der Waals surface area contributed by atoms with Crippen molar-refractivity contribution in [1.29, 1.82) is 0 Å². The number of aliphatic hydroxyl groups excluding tert-OH is 6. The molecule has 23 nitrogen and oxygen atoms in total. The number of fused-ring (bicyclic) bond motifs is 3. The predicted octanol–water partition coefficient (Wildman–Crippen LogP) is -3.73. The molecule has 7 heterocycles. The number of nitrogens with zero attached hydrogens (tertiary/aromatic N) is 8. The van der Waals surface area contributed by atoms with Gasteiger partial charge in [0.15, 0.2) is 35.4 Å². The molecule has 2 aliphatic rings. The Bertz CT molecular complexity index is 2060. The molecular weight excluding hydrogens is 718 g/mol. The number of aromatic nitrogens is 9. The second-order valence-corrected chi connectivity index (χ2v) is 11.4. The number of hydrogen-bond acceptors (Lipinski definition) is 18. The van der Waals surface area contributed by atoms with Crippen molar-refractivity contribution in [3.05, 3.63) is 45.8 Å². The second kappa shape index (κ2) is 16.7. The highest BCUT2D eigenvalue weighted by atomic mass is 35.5. The van der Waals surface area contributed by atoms with Crippen LogP contribution < -0.4 is 22.1 Å². The van der Waals surface area contributed by atoms with E-state index in [1.807, 2.05) is 13.8 Å². The van der Waals surface area contributed by atoms with Crippen LogP contribution in [0.2, 0.25) is 0 Å². The van der Waals surface area contributed by atoms with E-state index >= 15 is 0 Å². The van der Waals surface area contributed by atoms with Crippen LogP contribution >= 0.6 is 11.8 Å². The number of H-pyrrole nitrogens is 1. The number of anilines is 1. The van der Waals surface area contributed by atoms with Crippen LogP contribution in [0, 0.1) is 0 Å². The highest BCUT2D eigenvalue weighted by Crippen LogP contribution is 2.32. The SMILES string of the molecule is CCOC(Cn1c(N)nc2c(ncn2[C@@H]2O[C@H](CO)[C@@H](O)[C@H]2O)c1=O)OCC.NCl.O=c1c2ncn([C@@H]3O[C@H](CO)[C@@H](O)[C@H]3O)c2[nH]c2nccn12. The van der Waals surface area contributed by atoms with E-state index in [0.29, 0.717) is 24.6 Å². The number of aliphatic hydroxyl groups is 6. The van der Waals surface area contributed by atoms with Gasteiger partial charge in [-0.2, -0.15) is 4.98 Å². The standard InChI is InChI=1S/C16H25N5O7.C12H13N5O5.ClH2N/c1-3-26-9(27-4-2)5-20-14(25)10-13(19-16(20)17)21(7-18-10)15-12(24)11(23)8(6-22)28-15;18-3-5-7(19)8(20)11(22-5)17-4-14-6-9(17)15-12-13-1-2-16(12)10(6)21;1-2/h7-9,11-12,15,22-24H,3-6H2,1-2H3,(H2,17,19);1-2,4-5,7-8,11,18-20H,3H2,(H,13,15);2H2/t8-,11-,12-,15-;5-,7-,8-,11-;/m11./s1. The van der Waals surface area contributed by atoms with E-state index in [1.165, 1.54) is 43.2 Å². The minimum absolute atomic E-state index is 0.0127. The number of nitrogens with one attached hydrogen (secondary N) is 1. The summed E-state index contributed by atoms with van der Waals surface area (Å²) in [5.74, 6) is 0.237. The maximum absolute atomic E-state index is 12.9. The van der Waals surface area contributed by atoms with Crippen LogP contribution in [0.5, 0.6) is 0 Å². The summed E-state index contributed by atoms with van der Waals surface area (Å²) >= 11 is 4.14. The molecule has 0 amide bonds. The fourth-order valence-corrected chi connectivity index (χ4v) is 5.89. The molecule has 0 saturated carbocycles. The molecule has 0 aromatic carbocycles. The Labute approximate surface area is 297 Å². The van der Waals surface area contributed by atoms with E-state index in [9.17, 15) is 35.1 Å². The Hall–Kier alpha value is -4.11. The monoisotopic (exact) mass is 757 g/mol. The van der Waals surface area contributed by atoms with Gasteiger partial charge in [-0.1, -0.05) is 0 Å². The molecule has 0 bridgehead atoms. The lowest BCUT2D eigenvalue weighted by molar-refractivity contribution is -0.143. The summed E-state index contributed by atoms with van der Waals surface area (Å²) in [6.07, 6.45) is -4.09. The number of ether oxygens (including phenoxy) is 4. The van der Waals surface area contributed by atoms with Gasteiger partial charge in [0.1, 0.15) is 42.3 Å². The maximum atomic E-state index is 12.9. The first-order chi connectivity index (χ1) is 25.0. The Morgan fingerprint density at radius 3 is 1.98 bits per heavy atom. The third kappa shape index (κ3) is 7.13. The lowest BCUT2D eigenvalue weighted by atomic mass is 10.1. The fourth-order valence-electron chi connectivity index (χ4n) is 5.89. The number of imidazole rings is 3. The predicted molar refractivity (Wildman–Crippen MR) is 178 cm³/mol. The van der Waals surface area contributed by atoms with Crippen LogP contribution in [0.3, 0.4) is 0 Å². The summed E-state index contributed by atoms with van der Waals surface area (Å²) < 4.78 is 27.1. The lowest BCUT2D eigenvalue weighted by Gasteiger charge is -2.19. The normalized spacial score (nSPS) is 25.9. The van der Waals surface area contributed by atoms with Gasteiger partial charge in [-0.25, -0.2) is 24.6 Å². The van der Waals surface area contributed by atoms with E-state index in [-0.39, 0.29) is 34.7 Å². The van der Waals surface area contributed by atoms with Crippen LogP contribution in [-0.4, -0.2) is 143 Å². The molecule has 286 valence electrons. The van der Waals surface area contributed by atoms with E-state index in [0.717, 1.165) is 0 Å². The van der Waals surface area contributed by atoms with Gasteiger partial charge in [-0.3, -0.25) is 23.3 Å². The number of nitrogens with two attached hydrogens (primary N) is 2. The molecule has 11 N–H and O–H groups in total. The smallest absolute Gasteiger partial charge is 0.287 e. The Balaban J connectivity index is 0.000000196. The van der Waals surface area contributed by atoms with Gasteiger partial charge in [0.2, 0.25) is 11.7 Å². The van der Waals surface area contributed by atoms with Crippen molar-refractivity contribution in [2.24, 2.45) is 5.25 Å². The first kappa shape index (κ1) is 39.1. The highest BCUT2D eigenvalue weighted by molar-refractivity contribution is 6.11. The van der Waals surface area contributed by atoms with Crippen molar-refractivity contribution in [2.45, 2.75) is 75.8 Å². The average molecular weight is 758 g/mol. The molecule has 5 aromatic heterocycles. The highest BCUT2D eigenvalue weighted by Gasteiger charge is 2.45. The Morgan fingerprint density at radius 2 is 1.42 bits per heavy atom. The molecule has 5 aromatic rings. The largest absolute Gasteiger partial charge is 0.394 e. The maximum Gasteiger partial charge on any atom is 0.287 e. The summed E-state index contributed by atoms with van der Waals surface area (Å²) in [6.45, 7) is 3.55. The zero-order valence-electron chi connectivity index (χ0n) is 27.8. The lowest BCUT2D eigenvalue weighted by Crippen LogP contribution is -2.34. The summed E-state index contributed by atoms with van der Waals surface area (Å²) in [6, 6.07) is 0. The minimum atomic E-state index is -1.33. The Kier molecular flexibility index (Phi) is 12.6. The molecule has 0 spiro atoms. The molecule has 7 rings (SSSR count). The van der Waals surface area contributed by atoms with Crippen molar-refractivity contribution in [3.8, 4) is 0 Å². The Morgan fingerprint density at radius 1 is 0.865 bits per heavy atom. The van der Waals surface area contributed by atoms with Crippen molar-refractivity contribution in [1.82, 2.24) is 43.0 Å². The molecule has 0 unspecified atom stereocenters. The molecule has 2 aliphatic heterocycles.